The zero-order chi connectivity index (χ0) is 14.0. The van der Waals surface area contributed by atoms with E-state index in [1.807, 2.05) is 0 Å². The van der Waals surface area contributed by atoms with Gasteiger partial charge in [-0.15, -0.1) is 0 Å². The molecule has 0 bridgehead atoms. The second-order valence-corrected chi connectivity index (χ2v) is 5.07. The minimum Gasteiger partial charge on any atom is -0.286 e. The molecule has 1 heterocycles. The van der Waals surface area contributed by atoms with Gasteiger partial charge < -0.3 is 0 Å². The van der Waals surface area contributed by atoms with E-state index < -0.39 is 28.0 Å². The van der Waals surface area contributed by atoms with Gasteiger partial charge in [0.15, 0.2) is 0 Å². The summed E-state index contributed by atoms with van der Waals surface area (Å²) in [4.78, 5) is 10.8. The lowest BCUT2D eigenvalue weighted by Gasteiger charge is -1.99. The summed E-state index contributed by atoms with van der Waals surface area (Å²) < 4.78 is 67.0. The highest BCUT2D eigenvalue weighted by Crippen LogP contribution is 2.16. The molecule has 0 saturated heterocycles. The molecule has 0 fully saturated rings. The van der Waals surface area contributed by atoms with Crippen LogP contribution in [-0.2, 0) is 16.7 Å². The molecule has 1 rings (SSSR count). The van der Waals surface area contributed by atoms with E-state index in [0.717, 1.165) is 12.5 Å². The van der Waals surface area contributed by atoms with Crippen LogP contribution in [0.25, 0.3) is 0 Å². The number of carbonyl (C=O) groups is 1. The Labute approximate surface area is 100 Å². The summed E-state index contributed by atoms with van der Waals surface area (Å²) >= 11 is 0. The molecule has 1 aromatic rings. The highest BCUT2D eigenvalue weighted by Gasteiger charge is 2.44. The predicted octanol–water partition coefficient (Wildman–Crippen LogP) is 0.256. The van der Waals surface area contributed by atoms with E-state index in [4.69, 9.17) is 4.55 Å². The van der Waals surface area contributed by atoms with E-state index in [9.17, 15) is 26.4 Å². The van der Waals surface area contributed by atoms with Crippen LogP contribution in [-0.4, -0.2) is 35.4 Å². The van der Waals surface area contributed by atoms with Crippen molar-refractivity contribution in [2.24, 2.45) is 0 Å². The van der Waals surface area contributed by atoms with Gasteiger partial charge in [-0.05, 0) is 0 Å². The number of aryl methyl sites for hydroxylation is 1. The molecule has 0 aromatic carbocycles. The number of aromatic nitrogens is 2. The summed E-state index contributed by atoms with van der Waals surface area (Å²) in [5, 5.41) is 0. The van der Waals surface area contributed by atoms with Crippen LogP contribution in [0, 0.1) is 0 Å². The van der Waals surface area contributed by atoms with Crippen LogP contribution in [0.15, 0.2) is 18.7 Å². The van der Waals surface area contributed by atoms with E-state index >= 15 is 0 Å². The minimum atomic E-state index is -4.97. The van der Waals surface area contributed by atoms with Gasteiger partial charge >= 0.3 is 12.1 Å². The van der Waals surface area contributed by atoms with E-state index in [1.54, 1.807) is 0 Å². The van der Waals surface area contributed by atoms with Crippen LogP contribution in [0.5, 0.6) is 0 Å². The molecule has 10 heteroatoms. The molecular formula is C8H10F3N2O4S+. The number of alkyl halides is 3. The van der Waals surface area contributed by atoms with Gasteiger partial charge in [-0.2, -0.15) is 26.2 Å². The van der Waals surface area contributed by atoms with Gasteiger partial charge in [-0.25, -0.2) is 9.36 Å². The molecule has 0 aliphatic heterocycles. The fraction of sp³-hybridized carbons (Fsp3) is 0.500. The smallest absolute Gasteiger partial charge is 0.286 e. The standard InChI is InChI=1S/C8H9F3N2O4S/c9-8(10,11)7(14)13-4-3-12(6-13)2-1-5-18(15,16)17/h3-4,6H,1-2,5H2/p+1. The van der Waals surface area contributed by atoms with Crippen LogP contribution in [0.2, 0.25) is 0 Å². The molecule has 18 heavy (non-hydrogen) atoms. The number of hydrogen-bond acceptors (Lipinski definition) is 3. The molecule has 1 aromatic heterocycles. The van der Waals surface area contributed by atoms with Gasteiger partial charge in [0.05, 0.1) is 12.3 Å². The zero-order valence-corrected chi connectivity index (χ0v) is 9.78. The molecule has 6 nitrogen and oxygen atoms in total. The highest BCUT2D eigenvalue weighted by atomic mass is 32.2. The maximum Gasteiger partial charge on any atom is 0.495 e. The van der Waals surface area contributed by atoms with Crippen molar-refractivity contribution in [1.82, 2.24) is 4.57 Å². The Bertz CT molecular complexity index is 535. The fourth-order valence-electron chi connectivity index (χ4n) is 1.22. The van der Waals surface area contributed by atoms with Gasteiger partial charge in [0, 0.05) is 6.42 Å². The summed E-state index contributed by atoms with van der Waals surface area (Å²) in [6.45, 7) is 0.0674. The van der Waals surface area contributed by atoms with Crippen LogP contribution >= 0.6 is 0 Å². The number of hydrogen-bond donors (Lipinski definition) is 1. The first kappa shape index (κ1) is 14.6. The van der Waals surface area contributed by atoms with Crippen molar-refractivity contribution < 1.29 is 35.5 Å². The second-order valence-electron chi connectivity index (χ2n) is 3.50. The molecule has 0 atom stereocenters. The van der Waals surface area contributed by atoms with Gasteiger partial charge in [-0.3, -0.25) is 4.55 Å². The molecule has 0 aliphatic rings. The van der Waals surface area contributed by atoms with Gasteiger partial charge in [0.2, 0.25) is 0 Å². The van der Waals surface area contributed by atoms with Crippen molar-refractivity contribution >= 4 is 16.0 Å². The van der Waals surface area contributed by atoms with Crippen molar-refractivity contribution in [3.63, 3.8) is 0 Å². The lowest BCUT2D eigenvalue weighted by atomic mass is 10.5. The fourth-order valence-corrected chi connectivity index (χ4v) is 1.72. The van der Waals surface area contributed by atoms with Gasteiger partial charge in [0.1, 0.15) is 12.4 Å². The lowest BCUT2D eigenvalue weighted by Crippen LogP contribution is -2.34. The molecule has 0 spiro atoms. The third-order valence-electron chi connectivity index (χ3n) is 1.99. The largest absolute Gasteiger partial charge is 0.495 e. The van der Waals surface area contributed by atoms with Crippen molar-refractivity contribution in [3.05, 3.63) is 18.7 Å². The first-order valence-corrected chi connectivity index (χ1v) is 6.34. The average molecular weight is 287 g/mol. The summed E-state index contributed by atoms with van der Waals surface area (Å²) in [5.41, 5.74) is 0. The monoisotopic (exact) mass is 287 g/mol. The average Bonchev–Trinajstić information content (AvgIpc) is 2.61. The van der Waals surface area contributed by atoms with E-state index in [0.29, 0.717) is 4.57 Å². The number of carbonyl (C=O) groups excluding carboxylic acids is 1. The SMILES string of the molecule is O=C(n1cc[n+](CCCS(=O)(=O)O)c1)C(F)(F)F. The Hall–Kier alpha value is -1.42. The normalized spacial score (nSPS) is 12.7. The highest BCUT2D eigenvalue weighted by molar-refractivity contribution is 7.85. The Morgan fingerprint density at radius 1 is 1.39 bits per heavy atom. The first-order chi connectivity index (χ1) is 8.09. The molecule has 0 amide bonds. The van der Waals surface area contributed by atoms with E-state index in [2.05, 4.69) is 0 Å². The molecule has 0 radical (unpaired) electrons. The molecule has 0 saturated carbocycles. The first-order valence-electron chi connectivity index (χ1n) is 4.73. The summed E-state index contributed by atoms with van der Waals surface area (Å²) in [5.74, 6) is -2.53. The Kier molecular flexibility index (Phi) is 4.12. The Morgan fingerprint density at radius 3 is 2.50 bits per heavy atom. The maximum atomic E-state index is 12.1. The maximum absolute atomic E-state index is 12.1. The topological polar surface area (TPSA) is 80.2 Å². The molecule has 1 N–H and O–H groups in total. The Balaban J connectivity index is 2.62. The number of rotatable bonds is 4. The van der Waals surface area contributed by atoms with Crippen molar-refractivity contribution in [3.8, 4) is 0 Å². The van der Waals surface area contributed by atoms with Gasteiger partial charge in [0.25, 0.3) is 16.4 Å². The quantitative estimate of drug-likeness (QED) is 0.636. The van der Waals surface area contributed by atoms with Crippen LogP contribution in [0.4, 0.5) is 13.2 Å². The van der Waals surface area contributed by atoms with Crippen molar-refractivity contribution in [1.29, 1.82) is 0 Å². The third kappa shape index (κ3) is 4.45. The van der Waals surface area contributed by atoms with Crippen LogP contribution in [0.3, 0.4) is 0 Å². The summed E-state index contributed by atoms with van der Waals surface area (Å²) in [6, 6.07) is 0. The predicted molar refractivity (Wildman–Crippen MR) is 52.3 cm³/mol. The minimum absolute atomic E-state index is 0.0215. The number of halogens is 3. The van der Waals surface area contributed by atoms with E-state index in [-0.39, 0.29) is 13.0 Å². The van der Waals surface area contributed by atoms with E-state index in [1.165, 1.54) is 10.8 Å². The van der Waals surface area contributed by atoms with Crippen molar-refractivity contribution in [2.75, 3.05) is 5.75 Å². The van der Waals surface area contributed by atoms with Crippen molar-refractivity contribution in [2.45, 2.75) is 19.1 Å². The molecule has 0 aliphatic carbocycles. The summed E-state index contributed by atoms with van der Waals surface area (Å²) in [6.07, 6.45) is -1.92. The third-order valence-corrected chi connectivity index (χ3v) is 2.79. The number of imidazole rings is 1. The zero-order valence-electron chi connectivity index (χ0n) is 8.96. The van der Waals surface area contributed by atoms with Crippen LogP contribution < -0.4 is 4.57 Å². The van der Waals surface area contributed by atoms with Gasteiger partial charge in [-0.1, -0.05) is 0 Å². The molecular weight excluding hydrogens is 277 g/mol. The second kappa shape index (κ2) is 5.06. The summed E-state index contributed by atoms with van der Waals surface area (Å²) in [7, 11) is -4.09. The molecule has 0 unspecified atom stereocenters. The molecule has 102 valence electrons. The number of nitrogens with zero attached hydrogens (tertiary/aromatic N) is 2. The lowest BCUT2D eigenvalue weighted by molar-refractivity contribution is -0.696. The Morgan fingerprint density at radius 2 is 2.00 bits per heavy atom. The van der Waals surface area contributed by atoms with Crippen LogP contribution in [0.1, 0.15) is 11.2 Å².